The Morgan fingerprint density at radius 2 is 1.63 bits per heavy atom. The summed E-state index contributed by atoms with van der Waals surface area (Å²) < 4.78 is 39.3. The third-order valence-corrected chi connectivity index (χ3v) is 7.88. The Bertz CT molecular complexity index is 959. The topological polar surface area (TPSA) is 49.4 Å². The van der Waals surface area contributed by atoms with Crippen LogP contribution in [0.2, 0.25) is 0 Å². The standard InChI is InChI=1S/C21H25FN2O2S/c1-13-11-23-12-14(2)21-20(13)18-10-17(8-9-19(18)24(21)3)27(25,26)16-6-4-15(22)5-7-16/h4-10,13-14,20-21,23H,11-12H2,1-3H3/t13?,14?,20-,21?/m0/s1. The second-order valence-electron chi connectivity index (χ2n) is 7.92. The van der Waals surface area contributed by atoms with Crippen LogP contribution in [-0.2, 0) is 9.84 Å². The lowest BCUT2D eigenvalue weighted by Gasteiger charge is -2.32. The molecule has 1 N–H and O–H groups in total. The van der Waals surface area contributed by atoms with Crippen LogP contribution in [0.3, 0.4) is 0 Å². The summed E-state index contributed by atoms with van der Waals surface area (Å²) in [6.07, 6.45) is 0. The summed E-state index contributed by atoms with van der Waals surface area (Å²) >= 11 is 0. The van der Waals surface area contributed by atoms with Crippen molar-refractivity contribution >= 4 is 15.5 Å². The molecule has 0 spiro atoms. The second-order valence-corrected chi connectivity index (χ2v) is 9.87. The molecule has 0 radical (unpaired) electrons. The van der Waals surface area contributed by atoms with Crippen LogP contribution in [0.1, 0.15) is 25.3 Å². The van der Waals surface area contributed by atoms with Crippen molar-refractivity contribution in [3.63, 3.8) is 0 Å². The maximum atomic E-state index is 13.2. The highest BCUT2D eigenvalue weighted by Gasteiger charge is 2.44. The summed E-state index contributed by atoms with van der Waals surface area (Å²) in [7, 11) is -1.57. The van der Waals surface area contributed by atoms with Gasteiger partial charge in [-0.2, -0.15) is 0 Å². The van der Waals surface area contributed by atoms with E-state index in [1.165, 1.54) is 24.3 Å². The third-order valence-electron chi connectivity index (χ3n) is 6.12. The molecule has 144 valence electrons. The van der Waals surface area contributed by atoms with Crippen LogP contribution < -0.4 is 10.2 Å². The average Bonchev–Trinajstić information content (AvgIpc) is 2.85. The summed E-state index contributed by atoms with van der Waals surface area (Å²) in [5.74, 6) is 0.724. The van der Waals surface area contributed by atoms with Gasteiger partial charge < -0.3 is 10.2 Å². The summed E-state index contributed by atoms with van der Waals surface area (Å²) in [5.41, 5.74) is 2.22. The molecule has 1 fully saturated rings. The minimum absolute atomic E-state index is 0.121. The third kappa shape index (κ3) is 2.95. The van der Waals surface area contributed by atoms with Gasteiger partial charge in [-0.15, -0.1) is 0 Å². The van der Waals surface area contributed by atoms with Crippen LogP contribution in [0, 0.1) is 17.7 Å². The Hall–Kier alpha value is -1.92. The first-order valence-corrected chi connectivity index (χ1v) is 10.9. The van der Waals surface area contributed by atoms with Crippen LogP contribution >= 0.6 is 0 Å². The van der Waals surface area contributed by atoms with Crippen LogP contribution in [0.15, 0.2) is 52.3 Å². The Balaban J connectivity index is 1.80. The predicted octanol–water partition coefficient (Wildman–Crippen LogP) is 3.44. The van der Waals surface area contributed by atoms with Gasteiger partial charge in [-0.25, -0.2) is 12.8 Å². The molecule has 4 rings (SSSR count). The first kappa shape index (κ1) is 18.4. The number of fused-ring (bicyclic) bond motifs is 3. The molecule has 0 saturated carbocycles. The quantitative estimate of drug-likeness (QED) is 0.801. The van der Waals surface area contributed by atoms with Crippen LogP contribution in [-0.4, -0.2) is 34.6 Å². The molecule has 0 aliphatic carbocycles. The van der Waals surface area contributed by atoms with Gasteiger partial charge in [0.05, 0.1) is 9.79 Å². The lowest BCUT2D eigenvalue weighted by Crippen LogP contribution is -2.39. The van der Waals surface area contributed by atoms with Gasteiger partial charge in [0.25, 0.3) is 0 Å². The van der Waals surface area contributed by atoms with Gasteiger partial charge >= 0.3 is 0 Å². The van der Waals surface area contributed by atoms with Gasteiger partial charge in [0.1, 0.15) is 5.82 Å². The van der Waals surface area contributed by atoms with E-state index in [1.54, 1.807) is 6.07 Å². The number of likely N-dealkylation sites (N-methyl/N-ethyl adjacent to an activating group) is 1. The van der Waals surface area contributed by atoms with E-state index in [9.17, 15) is 12.8 Å². The largest absolute Gasteiger partial charge is 0.370 e. The van der Waals surface area contributed by atoms with Crippen molar-refractivity contribution in [1.29, 1.82) is 0 Å². The molecule has 4 atom stereocenters. The second kappa shape index (κ2) is 6.60. The fourth-order valence-electron chi connectivity index (χ4n) is 4.79. The molecule has 2 heterocycles. The highest BCUT2D eigenvalue weighted by molar-refractivity contribution is 7.91. The molecule has 6 heteroatoms. The monoisotopic (exact) mass is 388 g/mol. The van der Waals surface area contributed by atoms with E-state index in [0.717, 1.165) is 24.3 Å². The van der Waals surface area contributed by atoms with Crippen LogP contribution in [0.4, 0.5) is 10.1 Å². The molecule has 3 unspecified atom stereocenters. The van der Waals surface area contributed by atoms with Crippen LogP contribution in [0.5, 0.6) is 0 Å². The maximum absolute atomic E-state index is 13.2. The molecule has 4 nitrogen and oxygen atoms in total. The predicted molar refractivity (Wildman–Crippen MR) is 104 cm³/mol. The number of hydrogen-bond acceptors (Lipinski definition) is 4. The Morgan fingerprint density at radius 1 is 1.00 bits per heavy atom. The van der Waals surface area contributed by atoms with E-state index in [1.807, 2.05) is 12.1 Å². The smallest absolute Gasteiger partial charge is 0.206 e. The van der Waals surface area contributed by atoms with E-state index in [2.05, 4.69) is 31.1 Å². The Kier molecular flexibility index (Phi) is 4.51. The van der Waals surface area contributed by atoms with E-state index in [-0.39, 0.29) is 9.79 Å². The lowest BCUT2D eigenvalue weighted by atomic mass is 9.80. The molecule has 2 aliphatic heterocycles. The zero-order valence-corrected chi connectivity index (χ0v) is 16.6. The number of nitrogens with one attached hydrogen (secondary N) is 1. The fourth-order valence-corrected chi connectivity index (χ4v) is 6.08. The fraction of sp³-hybridized carbons (Fsp3) is 0.429. The van der Waals surface area contributed by atoms with Crippen molar-refractivity contribution in [3.05, 3.63) is 53.8 Å². The molecular weight excluding hydrogens is 363 g/mol. The molecule has 0 bridgehead atoms. The number of benzene rings is 2. The number of hydrogen-bond donors (Lipinski definition) is 1. The van der Waals surface area contributed by atoms with Gasteiger partial charge in [-0.3, -0.25) is 0 Å². The van der Waals surface area contributed by atoms with Gasteiger partial charge in [0, 0.05) is 24.7 Å². The van der Waals surface area contributed by atoms with E-state index in [4.69, 9.17) is 0 Å². The zero-order chi connectivity index (χ0) is 19.3. The van der Waals surface area contributed by atoms with Crippen molar-refractivity contribution in [2.75, 3.05) is 25.0 Å². The van der Waals surface area contributed by atoms with E-state index in [0.29, 0.717) is 23.8 Å². The summed E-state index contributed by atoms with van der Waals surface area (Å²) in [5, 5.41) is 3.52. The molecular formula is C21H25FN2O2S. The van der Waals surface area contributed by atoms with Crippen molar-refractivity contribution in [3.8, 4) is 0 Å². The van der Waals surface area contributed by atoms with E-state index >= 15 is 0 Å². The molecule has 2 aromatic carbocycles. The number of anilines is 1. The first-order valence-electron chi connectivity index (χ1n) is 9.39. The Morgan fingerprint density at radius 3 is 2.33 bits per heavy atom. The SMILES string of the molecule is CC1CNCC(C)[C@H]2c3cc(S(=O)(=O)c4ccc(F)cc4)ccc3N(C)C12. The summed E-state index contributed by atoms with van der Waals surface area (Å²) in [6.45, 7) is 6.37. The van der Waals surface area contributed by atoms with Crippen molar-refractivity contribution in [1.82, 2.24) is 5.32 Å². The molecule has 27 heavy (non-hydrogen) atoms. The van der Waals surface area contributed by atoms with Crippen LogP contribution in [0.25, 0.3) is 0 Å². The number of nitrogens with zero attached hydrogens (tertiary/aromatic N) is 1. The first-order chi connectivity index (χ1) is 12.8. The summed E-state index contributed by atoms with van der Waals surface area (Å²) in [4.78, 5) is 2.71. The van der Waals surface area contributed by atoms with Crippen molar-refractivity contribution in [2.24, 2.45) is 11.8 Å². The highest BCUT2D eigenvalue weighted by Crippen LogP contribution is 2.48. The van der Waals surface area contributed by atoms with Gasteiger partial charge in [0.15, 0.2) is 0 Å². The van der Waals surface area contributed by atoms with Gasteiger partial charge in [-0.05, 0) is 73.0 Å². The average molecular weight is 389 g/mol. The lowest BCUT2D eigenvalue weighted by molar-refractivity contribution is 0.374. The summed E-state index contributed by atoms with van der Waals surface area (Å²) in [6, 6.07) is 10.8. The highest BCUT2D eigenvalue weighted by atomic mass is 32.2. The molecule has 2 aliphatic rings. The molecule has 2 aromatic rings. The maximum Gasteiger partial charge on any atom is 0.206 e. The van der Waals surface area contributed by atoms with E-state index < -0.39 is 15.7 Å². The molecule has 1 saturated heterocycles. The molecule has 0 aromatic heterocycles. The Labute approximate surface area is 160 Å². The zero-order valence-electron chi connectivity index (χ0n) is 15.8. The number of halogens is 1. The molecule has 0 amide bonds. The van der Waals surface area contributed by atoms with Crippen molar-refractivity contribution in [2.45, 2.75) is 35.6 Å². The van der Waals surface area contributed by atoms with Crippen molar-refractivity contribution < 1.29 is 12.8 Å². The number of rotatable bonds is 2. The normalized spacial score (nSPS) is 27.8. The minimum Gasteiger partial charge on any atom is -0.370 e. The minimum atomic E-state index is -3.67. The number of sulfone groups is 1. The van der Waals surface area contributed by atoms with Gasteiger partial charge in [0.2, 0.25) is 9.84 Å². The van der Waals surface area contributed by atoms with Gasteiger partial charge in [-0.1, -0.05) is 13.8 Å².